The Morgan fingerprint density at radius 1 is 1.33 bits per heavy atom. The Kier molecular flexibility index (Phi) is 6.36. The van der Waals surface area contributed by atoms with Crippen LogP contribution in [-0.2, 0) is 6.54 Å². The number of nitrogens with zero attached hydrogens (tertiary/aromatic N) is 1. The van der Waals surface area contributed by atoms with Crippen LogP contribution >= 0.6 is 24.0 Å². The van der Waals surface area contributed by atoms with Gasteiger partial charge in [0.25, 0.3) is 0 Å². The average Bonchev–Trinajstić information content (AvgIpc) is 2.34. The average molecular weight is 293 g/mol. The van der Waals surface area contributed by atoms with Crippen molar-refractivity contribution in [3.8, 4) is 0 Å². The predicted octanol–water partition coefficient (Wildman–Crippen LogP) is 3.07. The van der Waals surface area contributed by atoms with E-state index in [4.69, 9.17) is 17.3 Å². The third-order valence-corrected chi connectivity index (χ3v) is 3.68. The molecule has 102 valence electrons. The van der Waals surface area contributed by atoms with Gasteiger partial charge in [-0.2, -0.15) is 0 Å². The van der Waals surface area contributed by atoms with E-state index in [0.29, 0.717) is 17.5 Å². The van der Waals surface area contributed by atoms with E-state index in [-0.39, 0.29) is 18.2 Å². The number of hydrogen-bond donors (Lipinski definition) is 1. The largest absolute Gasteiger partial charge is 0.330 e. The van der Waals surface area contributed by atoms with E-state index in [1.807, 2.05) is 0 Å². The standard InChI is InChI=1S/C13H18ClFN2.ClH/c14-12-2-1-11(13(15)7-12)9-17-5-3-10(8-16)4-6-17;/h1-2,7,10H,3-6,8-9,16H2;1H. The lowest BCUT2D eigenvalue weighted by Crippen LogP contribution is -2.35. The van der Waals surface area contributed by atoms with Crippen LogP contribution in [0.4, 0.5) is 4.39 Å². The maximum atomic E-state index is 13.6. The molecule has 1 saturated heterocycles. The van der Waals surface area contributed by atoms with Gasteiger partial charge in [0.05, 0.1) is 0 Å². The highest BCUT2D eigenvalue weighted by atomic mass is 35.5. The SMILES string of the molecule is Cl.NCC1CCN(Cc2ccc(Cl)cc2F)CC1. The van der Waals surface area contributed by atoms with Gasteiger partial charge in [0, 0.05) is 17.1 Å². The van der Waals surface area contributed by atoms with Gasteiger partial charge in [0.15, 0.2) is 0 Å². The fourth-order valence-electron chi connectivity index (χ4n) is 2.27. The minimum Gasteiger partial charge on any atom is -0.330 e. The van der Waals surface area contributed by atoms with Gasteiger partial charge in [-0.05, 0) is 50.5 Å². The third-order valence-electron chi connectivity index (χ3n) is 3.45. The van der Waals surface area contributed by atoms with Crippen molar-refractivity contribution in [3.05, 3.63) is 34.6 Å². The van der Waals surface area contributed by atoms with Gasteiger partial charge in [-0.15, -0.1) is 12.4 Å². The molecular weight excluding hydrogens is 274 g/mol. The first kappa shape index (κ1) is 15.7. The van der Waals surface area contributed by atoms with E-state index in [9.17, 15) is 4.39 Å². The minimum absolute atomic E-state index is 0. The van der Waals surface area contributed by atoms with Gasteiger partial charge in [-0.25, -0.2) is 4.39 Å². The molecule has 0 atom stereocenters. The van der Waals surface area contributed by atoms with Crippen molar-refractivity contribution in [1.29, 1.82) is 0 Å². The molecule has 2 rings (SSSR count). The molecule has 0 amide bonds. The molecule has 18 heavy (non-hydrogen) atoms. The van der Waals surface area contributed by atoms with Crippen LogP contribution in [0.1, 0.15) is 18.4 Å². The van der Waals surface area contributed by atoms with Gasteiger partial charge in [0.2, 0.25) is 0 Å². The summed E-state index contributed by atoms with van der Waals surface area (Å²) in [4.78, 5) is 2.28. The number of piperidine rings is 1. The molecule has 1 aromatic rings. The zero-order valence-corrected chi connectivity index (χ0v) is 11.8. The first-order chi connectivity index (χ1) is 8.19. The summed E-state index contributed by atoms with van der Waals surface area (Å²) >= 11 is 5.73. The Labute approximate surface area is 119 Å². The lowest BCUT2D eigenvalue weighted by molar-refractivity contribution is 0.178. The van der Waals surface area contributed by atoms with E-state index >= 15 is 0 Å². The van der Waals surface area contributed by atoms with Crippen molar-refractivity contribution in [1.82, 2.24) is 4.90 Å². The summed E-state index contributed by atoms with van der Waals surface area (Å²) in [7, 11) is 0. The molecule has 5 heteroatoms. The van der Waals surface area contributed by atoms with Crippen molar-refractivity contribution < 1.29 is 4.39 Å². The fraction of sp³-hybridized carbons (Fsp3) is 0.538. The molecule has 1 aliphatic rings. The minimum atomic E-state index is -0.210. The van der Waals surface area contributed by atoms with Crippen molar-refractivity contribution >= 4 is 24.0 Å². The number of halogens is 3. The van der Waals surface area contributed by atoms with Crippen LogP contribution in [0.25, 0.3) is 0 Å². The molecule has 2 N–H and O–H groups in total. The monoisotopic (exact) mass is 292 g/mol. The fourth-order valence-corrected chi connectivity index (χ4v) is 2.43. The molecule has 0 spiro atoms. The Morgan fingerprint density at radius 3 is 2.56 bits per heavy atom. The van der Waals surface area contributed by atoms with E-state index in [1.165, 1.54) is 6.07 Å². The van der Waals surface area contributed by atoms with Crippen molar-refractivity contribution in [2.75, 3.05) is 19.6 Å². The molecule has 2 nitrogen and oxygen atoms in total. The number of rotatable bonds is 3. The summed E-state index contributed by atoms with van der Waals surface area (Å²) in [5, 5.41) is 0.452. The number of nitrogens with two attached hydrogens (primary N) is 1. The van der Waals surface area contributed by atoms with Crippen molar-refractivity contribution in [2.45, 2.75) is 19.4 Å². The summed E-state index contributed by atoms with van der Waals surface area (Å²) in [6.07, 6.45) is 2.23. The van der Waals surface area contributed by atoms with Crippen LogP contribution in [0.2, 0.25) is 5.02 Å². The Balaban J connectivity index is 0.00000162. The van der Waals surface area contributed by atoms with Crippen LogP contribution in [0.3, 0.4) is 0 Å². The predicted molar refractivity (Wildman–Crippen MR) is 75.7 cm³/mol. The lowest BCUT2D eigenvalue weighted by atomic mass is 9.97. The van der Waals surface area contributed by atoms with Gasteiger partial charge in [-0.1, -0.05) is 17.7 Å². The summed E-state index contributed by atoms with van der Waals surface area (Å²) in [5.74, 6) is 0.430. The van der Waals surface area contributed by atoms with E-state index < -0.39 is 0 Å². The van der Waals surface area contributed by atoms with Crippen LogP contribution in [0.5, 0.6) is 0 Å². The first-order valence-electron chi connectivity index (χ1n) is 6.05. The smallest absolute Gasteiger partial charge is 0.129 e. The molecule has 1 fully saturated rings. The van der Waals surface area contributed by atoms with Gasteiger partial charge >= 0.3 is 0 Å². The van der Waals surface area contributed by atoms with Gasteiger partial charge in [0.1, 0.15) is 5.82 Å². The summed E-state index contributed by atoms with van der Waals surface area (Å²) in [5.41, 5.74) is 6.37. The molecule has 0 aromatic heterocycles. The van der Waals surface area contributed by atoms with Crippen molar-refractivity contribution in [3.63, 3.8) is 0 Å². The highest BCUT2D eigenvalue weighted by Gasteiger charge is 2.18. The quantitative estimate of drug-likeness (QED) is 0.928. The molecule has 0 bridgehead atoms. The Bertz CT molecular complexity index is 379. The van der Waals surface area contributed by atoms with Crippen LogP contribution in [-0.4, -0.2) is 24.5 Å². The maximum absolute atomic E-state index is 13.6. The molecule has 0 saturated carbocycles. The topological polar surface area (TPSA) is 29.3 Å². The number of likely N-dealkylation sites (tertiary alicyclic amines) is 1. The van der Waals surface area contributed by atoms with Gasteiger partial charge < -0.3 is 5.73 Å². The normalized spacial score (nSPS) is 17.5. The van der Waals surface area contributed by atoms with Crippen molar-refractivity contribution in [2.24, 2.45) is 11.7 Å². The molecular formula is C13H19Cl2FN2. The molecule has 0 unspecified atom stereocenters. The van der Waals surface area contributed by atoms with E-state index in [2.05, 4.69) is 4.90 Å². The first-order valence-corrected chi connectivity index (χ1v) is 6.43. The highest BCUT2D eigenvalue weighted by molar-refractivity contribution is 6.30. The molecule has 1 aliphatic heterocycles. The third kappa shape index (κ3) is 4.09. The molecule has 0 radical (unpaired) electrons. The molecule has 1 heterocycles. The summed E-state index contributed by atoms with van der Waals surface area (Å²) < 4.78 is 13.6. The summed E-state index contributed by atoms with van der Waals surface area (Å²) in [6, 6.07) is 4.89. The highest BCUT2D eigenvalue weighted by Crippen LogP contribution is 2.20. The second kappa shape index (κ2) is 7.29. The van der Waals surface area contributed by atoms with Crippen LogP contribution in [0, 0.1) is 11.7 Å². The van der Waals surface area contributed by atoms with E-state index in [0.717, 1.165) is 38.0 Å². The second-order valence-electron chi connectivity index (χ2n) is 4.69. The molecule has 1 aromatic carbocycles. The second-order valence-corrected chi connectivity index (χ2v) is 5.13. The number of hydrogen-bond acceptors (Lipinski definition) is 2. The lowest BCUT2D eigenvalue weighted by Gasteiger charge is -2.31. The van der Waals surface area contributed by atoms with Gasteiger partial charge in [-0.3, -0.25) is 4.90 Å². The Hall–Kier alpha value is -0.350. The van der Waals surface area contributed by atoms with E-state index in [1.54, 1.807) is 12.1 Å². The zero-order valence-electron chi connectivity index (χ0n) is 10.2. The van der Waals surface area contributed by atoms with Crippen LogP contribution in [0.15, 0.2) is 18.2 Å². The Morgan fingerprint density at radius 2 is 2.00 bits per heavy atom. The van der Waals surface area contributed by atoms with Crippen LogP contribution < -0.4 is 5.73 Å². The zero-order chi connectivity index (χ0) is 12.3. The summed E-state index contributed by atoms with van der Waals surface area (Å²) in [6.45, 7) is 3.44. The maximum Gasteiger partial charge on any atom is 0.129 e. The number of benzene rings is 1. The molecule has 0 aliphatic carbocycles.